The number of hydrogen-bond acceptors (Lipinski definition) is 4. The summed E-state index contributed by atoms with van der Waals surface area (Å²) < 4.78 is 36.5. The lowest BCUT2D eigenvalue weighted by molar-refractivity contribution is -0.143. The lowest BCUT2D eigenvalue weighted by Crippen LogP contribution is -2.03. The van der Waals surface area contributed by atoms with E-state index in [9.17, 15) is 4.79 Å². The van der Waals surface area contributed by atoms with Gasteiger partial charge < -0.3 is 10.2 Å². The molecule has 4 N–H and O–H groups in total. The minimum atomic E-state index is -4.67. The van der Waals surface area contributed by atoms with Crippen molar-refractivity contribution >= 4 is 16.4 Å². The summed E-state index contributed by atoms with van der Waals surface area (Å²) >= 11 is 0. The van der Waals surface area contributed by atoms with Gasteiger partial charge in [-0.2, -0.15) is 8.42 Å². The van der Waals surface area contributed by atoms with E-state index >= 15 is 0 Å². The lowest BCUT2D eigenvalue weighted by Gasteiger charge is -2.02. The molecule has 0 saturated heterocycles. The first kappa shape index (κ1) is 26.2. The molecule has 0 aromatic carbocycles. The van der Waals surface area contributed by atoms with Gasteiger partial charge in [-0.1, -0.05) is 58.3 Å². The van der Waals surface area contributed by atoms with E-state index in [1.807, 2.05) is 6.92 Å². The molecule has 0 heterocycles. The maximum absolute atomic E-state index is 11.0. The average molecular weight is 344 g/mol. The van der Waals surface area contributed by atoms with E-state index < -0.39 is 10.4 Å². The van der Waals surface area contributed by atoms with Crippen LogP contribution in [0.25, 0.3) is 0 Å². The molecule has 22 heavy (non-hydrogen) atoms. The summed E-state index contributed by atoms with van der Waals surface area (Å²) in [5, 5.41) is 0. The standard InChI is InChI=1S/C14H28O2.H2O4S.H2O/c1-3-5-6-7-8-9-10-11-12-13-14(15)16-4-2;1-5(2,3)4;/h3-13H2,1-2H3;(H2,1,2,3,4);1H2. The largest absolute Gasteiger partial charge is 0.466 e. The molecule has 0 aliphatic heterocycles. The van der Waals surface area contributed by atoms with E-state index in [4.69, 9.17) is 22.3 Å². The molecule has 0 unspecified atom stereocenters. The van der Waals surface area contributed by atoms with Crippen molar-refractivity contribution in [3.63, 3.8) is 0 Å². The second kappa shape index (κ2) is 18.3. The van der Waals surface area contributed by atoms with Gasteiger partial charge in [-0.15, -0.1) is 0 Å². The molecule has 0 aromatic rings. The van der Waals surface area contributed by atoms with Gasteiger partial charge in [0.05, 0.1) is 6.61 Å². The molecule has 0 rings (SSSR count). The maximum atomic E-state index is 11.0. The van der Waals surface area contributed by atoms with E-state index in [2.05, 4.69) is 6.92 Å². The van der Waals surface area contributed by atoms with Gasteiger partial charge in [0.15, 0.2) is 0 Å². The number of ether oxygens (including phenoxy) is 1. The second-order valence-electron chi connectivity index (χ2n) is 4.83. The van der Waals surface area contributed by atoms with Crippen LogP contribution in [0.5, 0.6) is 0 Å². The van der Waals surface area contributed by atoms with Crippen LogP contribution in [0.1, 0.15) is 78.1 Å². The zero-order chi connectivity index (χ0) is 16.6. The molecule has 7 nitrogen and oxygen atoms in total. The van der Waals surface area contributed by atoms with Crippen molar-refractivity contribution in [3.8, 4) is 0 Å². The summed E-state index contributed by atoms with van der Waals surface area (Å²) in [6, 6.07) is 0. The second-order valence-corrected chi connectivity index (χ2v) is 5.73. The van der Waals surface area contributed by atoms with Crippen LogP contribution in [-0.2, 0) is 19.9 Å². The number of esters is 1. The number of hydrogen-bond donors (Lipinski definition) is 2. The molecular formula is C14H32O7S. The predicted octanol–water partition coefficient (Wildman–Crippen LogP) is 2.99. The number of rotatable bonds is 11. The minimum absolute atomic E-state index is 0. The Hall–Kier alpha value is -0.700. The minimum Gasteiger partial charge on any atom is -0.466 e. The van der Waals surface area contributed by atoms with Gasteiger partial charge in [0.1, 0.15) is 0 Å². The van der Waals surface area contributed by atoms with Crippen molar-refractivity contribution in [2.24, 2.45) is 0 Å². The van der Waals surface area contributed by atoms with Gasteiger partial charge in [0.25, 0.3) is 0 Å². The Labute approximate surface area is 134 Å². The predicted molar refractivity (Wildman–Crippen MR) is 86.3 cm³/mol. The first-order chi connectivity index (χ1) is 9.81. The highest BCUT2D eigenvalue weighted by molar-refractivity contribution is 7.79. The highest BCUT2D eigenvalue weighted by Crippen LogP contribution is 2.10. The molecule has 0 spiro atoms. The van der Waals surface area contributed by atoms with Gasteiger partial charge in [-0.05, 0) is 13.3 Å². The summed E-state index contributed by atoms with van der Waals surface area (Å²) in [6.45, 7) is 4.61. The molecule has 0 amide bonds. The van der Waals surface area contributed by atoms with Gasteiger partial charge >= 0.3 is 16.4 Å². The van der Waals surface area contributed by atoms with Crippen LogP contribution in [0.4, 0.5) is 0 Å². The Kier molecular flexibility index (Phi) is 21.9. The van der Waals surface area contributed by atoms with Crippen LogP contribution >= 0.6 is 0 Å². The maximum Gasteiger partial charge on any atom is 0.394 e. The zero-order valence-corrected chi connectivity index (χ0v) is 14.5. The third-order valence-electron chi connectivity index (χ3n) is 2.79. The Balaban J connectivity index is -0.000000520. The molecule has 0 aliphatic rings. The molecular weight excluding hydrogens is 312 g/mol. The van der Waals surface area contributed by atoms with Crippen LogP contribution in [-0.4, -0.2) is 35.6 Å². The van der Waals surface area contributed by atoms with Gasteiger partial charge in [-0.3, -0.25) is 13.9 Å². The lowest BCUT2D eigenvalue weighted by atomic mass is 10.1. The van der Waals surface area contributed by atoms with E-state index in [0.717, 1.165) is 6.42 Å². The topological polar surface area (TPSA) is 132 Å². The van der Waals surface area contributed by atoms with Crippen molar-refractivity contribution in [3.05, 3.63) is 0 Å². The summed E-state index contributed by atoms with van der Waals surface area (Å²) in [4.78, 5) is 11.0. The van der Waals surface area contributed by atoms with Crippen molar-refractivity contribution < 1.29 is 32.5 Å². The van der Waals surface area contributed by atoms with Crippen LogP contribution in [0.3, 0.4) is 0 Å². The van der Waals surface area contributed by atoms with Crippen LogP contribution < -0.4 is 0 Å². The third-order valence-corrected chi connectivity index (χ3v) is 2.79. The monoisotopic (exact) mass is 344 g/mol. The smallest absolute Gasteiger partial charge is 0.394 e. The third kappa shape index (κ3) is 36.5. The molecule has 136 valence electrons. The molecule has 0 bridgehead atoms. The summed E-state index contributed by atoms with van der Waals surface area (Å²) in [5.41, 5.74) is 0. The van der Waals surface area contributed by atoms with E-state index in [-0.39, 0.29) is 11.4 Å². The normalized spacial score (nSPS) is 10.2. The van der Waals surface area contributed by atoms with Gasteiger partial charge in [0, 0.05) is 6.42 Å². The fourth-order valence-electron chi connectivity index (χ4n) is 1.81. The fraction of sp³-hybridized carbons (Fsp3) is 0.929. The molecule has 0 aromatic heterocycles. The molecule has 8 heteroatoms. The van der Waals surface area contributed by atoms with E-state index in [1.54, 1.807) is 0 Å². The first-order valence-electron chi connectivity index (χ1n) is 7.66. The Bertz CT molecular complexity index is 320. The van der Waals surface area contributed by atoms with Crippen LogP contribution in [0.15, 0.2) is 0 Å². The van der Waals surface area contributed by atoms with Crippen LogP contribution in [0.2, 0.25) is 0 Å². The Morgan fingerprint density at radius 1 is 0.864 bits per heavy atom. The van der Waals surface area contributed by atoms with Crippen molar-refractivity contribution in [2.45, 2.75) is 78.1 Å². The molecule has 0 aliphatic carbocycles. The highest BCUT2D eigenvalue weighted by Gasteiger charge is 2.00. The van der Waals surface area contributed by atoms with Crippen molar-refractivity contribution in [2.75, 3.05) is 6.61 Å². The summed E-state index contributed by atoms with van der Waals surface area (Å²) in [7, 11) is -4.67. The highest BCUT2D eigenvalue weighted by atomic mass is 32.3. The van der Waals surface area contributed by atoms with Crippen LogP contribution in [0, 0.1) is 0 Å². The summed E-state index contributed by atoms with van der Waals surface area (Å²) in [6.07, 6.45) is 12.2. The van der Waals surface area contributed by atoms with Gasteiger partial charge in [0.2, 0.25) is 0 Å². The van der Waals surface area contributed by atoms with E-state index in [0.29, 0.717) is 13.0 Å². The average Bonchev–Trinajstić information content (AvgIpc) is 2.35. The SMILES string of the molecule is CCCCCCCCCCCC(=O)OCC.O.O=S(=O)(O)O. The molecule has 0 atom stereocenters. The van der Waals surface area contributed by atoms with Crippen molar-refractivity contribution in [1.82, 2.24) is 0 Å². The van der Waals surface area contributed by atoms with E-state index in [1.165, 1.54) is 51.4 Å². The molecule has 0 radical (unpaired) electrons. The summed E-state index contributed by atoms with van der Waals surface area (Å²) in [5.74, 6) is -0.0366. The quantitative estimate of drug-likeness (QED) is 0.336. The Morgan fingerprint density at radius 2 is 1.23 bits per heavy atom. The molecule has 0 fully saturated rings. The number of carbonyl (C=O) groups is 1. The first-order valence-corrected chi connectivity index (χ1v) is 9.06. The van der Waals surface area contributed by atoms with Gasteiger partial charge in [-0.25, -0.2) is 0 Å². The molecule has 0 saturated carbocycles. The number of carbonyl (C=O) groups excluding carboxylic acids is 1. The zero-order valence-electron chi connectivity index (χ0n) is 13.7. The fourth-order valence-corrected chi connectivity index (χ4v) is 1.81. The number of unbranched alkanes of at least 4 members (excludes halogenated alkanes) is 8. The van der Waals surface area contributed by atoms with Crippen molar-refractivity contribution in [1.29, 1.82) is 0 Å². The Morgan fingerprint density at radius 3 is 1.59 bits per heavy atom.